The molecule has 1 aromatic heterocycles. The van der Waals surface area contributed by atoms with E-state index in [9.17, 15) is 0 Å². The van der Waals surface area contributed by atoms with Gasteiger partial charge in [-0.25, -0.2) is 4.98 Å². The second kappa shape index (κ2) is 7.63. The predicted molar refractivity (Wildman–Crippen MR) is 86.1 cm³/mol. The Kier molecular flexibility index (Phi) is 5.84. The largest absolute Gasteiger partial charge is 0.368 e. The highest BCUT2D eigenvalue weighted by Crippen LogP contribution is 2.31. The number of pyridine rings is 1. The van der Waals surface area contributed by atoms with Gasteiger partial charge in [0.1, 0.15) is 5.82 Å². The summed E-state index contributed by atoms with van der Waals surface area (Å²) in [5, 5.41) is 3.43. The van der Waals surface area contributed by atoms with Gasteiger partial charge in [0.15, 0.2) is 0 Å². The maximum absolute atomic E-state index is 4.59. The Bertz CT molecular complexity index is 388. The molecule has 0 aromatic carbocycles. The first-order valence-corrected chi connectivity index (χ1v) is 8.21. The van der Waals surface area contributed by atoms with E-state index in [-0.39, 0.29) is 0 Å². The number of anilines is 1. The van der Waals surface area contributed by atoms with Crippen LogP contribution >= 0.6 is 0 Å². The molecule has 1 saturated heterocycles. The van der Waals surface area contributed by atoms with Crippen LogP contribution in [0.5, 0.6) is 0 Å². The first-order chi connectivity index (χ1) is 9.74. The summed E-state index contributed by atoms with van der Waals surface area (Å²) in [7, 11) is 0. The van der Waals surface area contributed by atoms with Crippen LogP contribution in [0.3, 0.4) is 0 Å². The van der Waals surface area contributed by atoms with Crippen LogP contribution in [0.4, 0.5) is 5.82 Å². The van der Waals surface area contributed by atoms with E-state index in [1.807, 2.05) is 0 Å². The van der Waals surface area contributed by atoms with Gasteiger partial charge in [-0.3, -0.25) is 4.90 Å². The lowest BCUT2D eigenvalue weighted by atomic mass is 10.1. The van der Waals surface area contributed by atoms with Gasteiger partial charge in [-0.15, -0.1) is 0 Å². The third kappa shape index (κ3) is 3.95. The lowest BCUT2D eigenvalue weighted by molar-refractivity contribution is 0.253. The van der Waals surface area contributed by atoms with Crippen LogP contribution in [0.2, 0.25) is 0 Å². The normalized spacial score (nSPS) is 21.1. The van der Waals surface area contributed by atoms with Gasteiger partial charge in [0.25, 0.3) is 0 Å². The van der Waals surface area contributed by atoms with E-state index in [0.717, 1.165) is 12.2 Å². The zero-order valence-corrected chi connectivity index (χ0v) is 13.2. The van der Waals surface area contributed by atoms with Crippen molar-refractivity contribution in [2.24, 2.45) is 0 Å². The maximum Gasteiger partial charge on any atom is 0.126 e. The first-order valence-electron chi connectivity index (χ1n) is 8.21. The lowest BCUT2D eigenvalue weighted by Crippen LogP contribution is -2.24. The Morgan fingerprint density at radius 1 is 1.40 bits per heavy atom. The molecule has 1 aliphatic rings. The van der Waals surface area contributed by atoms with Crippen molar-refractivity contribution in [2.75, 3.05) is 18.4 Å². The second-order valence-corrected chi connectivity index (χ2v) is 5.98. The highest BCUT2D eigenvalue weighted by atomic mass is 15.2. The van der Waals surface area contributed by atoms with Crippen LogP contribution < -0.4 is 5.32 Å². The van der Waals surface area contributed by atoms with Crippen LogP contribution in [-0.4, -0.2) is 29.0 Å². The van der Waals surface area contributed by atoms with Crippen molar-refractivity contribution in [3.05, 3.63) is 23.9 Å². The van der Waals surface area contributed by atoms with Crippen LogP contribution in [0.1, 0.15) is 64.5 Å². The van der Waals surface area contributed by atoms with Crippen molar-refractivity contribution in [1.82, 2.24) is 9.88 Å². The molecule has 3 nitrogen and oxygen atoms in total. The topological polar surface area (TPSA) is 28.2 Å². The molecule has 0 aliphatic carbocycles. The van der Waals surface area contributed by atoms with Crippen molar-refractivity contribution in [3.63, 3.8) is 0 Å². The molecule has 2 heterocycles. The minimum Gasteiger partial charge on any atom is -0.368 e. The molecule has 0 spiro atoms. The Balaban J connectivity index is 1.98. The Morgan fingerprint density at radius 3 is 2.90 bits per heavy atom. The summed E-state index contributed by atoms with van der Waals surface area (Å²) in [6, 6.07) is 5.47. The van der Waals surface area contributed by atoms with Crippen LogP contribution in [0.25, 0.3) is 0 Å². The molecule has 2 rings (SSSR count). The Morgan fingerprint density at radius 2 is 2.25 bits per heavy atom. The highest BCUT2D eigenvalue weighted by molar-refractivity contribution is 5.37. The van der Waals surface area contributed by atoms with Crippen molar-refractivity contribution in [1.29, 1.82) is 0 Å². The smallest absolute Gasteiger partial charge is 0.126 e. The van der Waals surface area contributed by atoms with Gasteiger partial charge in [0.05, 0.1) is 0 Å². The van der Waals surface area contributed by atoms with Crippen LogP contribution in [0.15, 0.2) is 18.3 Å². The quantitative estimate of drug-likeness (QED) is 0.807. The number of rotatable bonds is 7. The van der Waals surface area contributed by atoms with Crippen molar-refractivity contribution < 1.29 is 0 Å². The van der Waals surface area contributed by atoms with E-state index in [2.05, 4.69) is 54.3 Å². The Hall–Kier alpha value is -1.09. The van der Waals surface area contributed by atoms with E-state index in [1.165, 1.54) is 44.3 Å². The fraction of sp³-hybridized carbons (Fsp3) is 0.706. The number of likely N-dealkylation sites (tertiary alicyclic amines) is 1. The summed E-state index contributed by atoms with van der Waals surface area (Å²) < 4.78 is 0. The van der Waals surface area contributed by atoms with E-state index in [4.69, 9.17) is 0 Å². The van der Waals surface area contributed by atoms with Gasteiger partial charge < -0.3 is 5.32 Å². The second-order valence-electron chi connectivity index (χ2n) is 5.98. The monoisotopic (exact) mass is 275 g/mol. The minimum absolute atomic E-state index is 0.487. The fourth-order valence-electron chi connectivity index (χ4n) is 2.87. The molecule has 0 radical (unpaired) electrons. The number of hydrogen-bond acceptors (Lipinski definition) is 3. The molecule has 3 heteroatoms. The van der Waals surface area contributed by atoms with Gasteiger partial charge in [-0.1, -0.05) is 26.3 Å². The summed E-state index contributed by atoms with van der Waals surface area (Å²) in [5.41, 5.74) is 1.38. The molecule has 2 atom stereocenters. The zero-order chi connectivity index (χ0) is 14.4. The van der Waals surface area contributed by atoms with E-state index in [1.54, 1.807) is 0 Å². The lowest BCUT2D eigenvalue weighted by Gasteiger charge is -2.24. The van der Waals surface area contributed by atoms with E-state index >= 15 is 0 Å². The van der Waals surface area contributed by atoms with Crippen molar-refractivity contribution in [2.45, 2.75) is 65.0 Å². The molecular formula is C17H29N3. The SMILES string of the molecule is CCCCN1CCCC1c1ccc(NC(C)CC)nc1. The fourth-order valence-corrected chi connectivity index (χ4v) is 2.87. The van der Waals surface area contributed by atoms with Crippen molar-refractivity contribution >= 4 is 5.82 Å². The minimum atomic E-state index is 0.487. The third-order valence-electron chi connectivity index (χ3n) is 4.34. The highest BCUT2D eigenvalue weighted by Gasteiger charge is 2.25. The predicted octanol–water partition coefficient (Wildman–Crippen LogP) is 4.23. The van der Waals surface area contributed by atoms with Gasteiger partial charge in [0, 0.05) is 18.3 Å². The summed E-state index contributed by atoms with van der Waals surface area (Å²) >= 11 is 0. The van der Waals surface area contributed by atoms with Gasteiger partial charge >= 0.3 is 0 Å². The molecule has 0 bridgehead atoms. The summed E-state index contributed by atoms with van der Waals surface area (Å²) in [6.45, 7) is 9.13. The van der Waals surface area contributed by atoms with Gasteiger partial charge in [-0.2, -0.15) is 0 Å². The molecule has 1 aliphatic heterocycles. The van der Waals surface area contributed by atoms with Gasteiger partial charge in [-0.05, 0) is 57.3 Å². The average molecular weight is 275 g/mol. The van der Waals surface area contributed by atoms with Gasteiger partial charge in [0.2, 0.25) is 0 Å². The third-order valence-corrected chi connectivity index (χ3v) is 4.34. The average Bonchev–Trinajstić information content (AvgIpc) is 2.94. The maximum atomic E-state index is 4.59. The number of aromatic nitrogens is 1. The van der Waals surface area contributed by atoms with Crippen LogP contribution in [0, 0.1) is 0 Å². The number of nitrogens with one attached hydrogen (secondary N) is 1. The molecule has 0 saturated carbocycles. The first kappa shape index (κ1) is 15.3. The molecule has 1 fully saturated rings. The number of nitrogens with zero attached hydrogens (tertiary/aromatic N) is 2. The molecule has 20 heavy (non-hydrogen) atoms. The molecular weight excluding hydrogens is 246 g/mol. The summed E-state index contributed by atoms with van der Waals surface area (Å²) in [6.07, 6.45) is 8.37. The van der Waals surface area contributed by atoms with E-state index in [0.29, 0.717) is 12.1 Å². The van der Waals surface area contributed by atoms with Crippen LogP contribution in [-0.2, 0) is 0 Å². The Labute approximate surface area is 123 Å². The number of unbranched alkanes of at least 4 members (excludes halogenated alkanes) is 1. The summed E-state index contributed by atoms with van der Waals surface area (Å²) in [5.74, 6) is 1.00. The molecule has 1 aromatic rings. The number of hydrogen-bond donors (Lipinski definition) is 1. The summed E-state index contributed by atoms with van der Waals surface area (Å²) in [4.78, 5) is 7.22. The molecule has 1 N–H and O–H groups in total. The molecule has 112 valence electrons. The van der Waals surface area contributed by atoms with Crippen molar-refractivity contribution in [3.8, 4) is 0 Å². The standard InChI is InChI=1S/C17H29N3/c1-4-6-11-20-12-7-8-16(20)15-9-10-17(18-13-15)19-14(3)5-2/h9-10,13-14,16H,4-8,11-12H2,1-3H3,(H,18,19). The van der Waals surface area contributed by atoms with E-state index < -0.39 is 0 Å². The molecule has 2 unspecified atom stereocenters. The molecule has 0 amide bonds. The zero-order valence-electron chi connectivity index (χ0n) is 13.2.